The molecule has 0 aromatic carbocycles. The van der Waals surface area contributed by atoms with E-state index in [9.17, 15) is 13.9 Å². The van der Waals surface area contributed by atoms with Crippen LogP contribution in [0.5, 0.6) is 0 Å². The molecule has 114 valence electrons. The maximum absolute atomic E-state index is 11.9. The van der Waals surface area contributed by atoms with Crippen molar-refractivity contribution in [1.29, 1.82) is 0 Å². The summed E-state index contributed by atoms with van der Waals surface area (Å²) >= 11 is 6.20. The smallest absolute Gasteiger partial charge is 0.163 e. The van der Waals surface area contributed by atoms with Crippen LogP contribution >= 0.6 is 22.2 Å². The van der Waals surface area contributed by atoms with Crippen LogP contribution in [0.15, 0.2) is 18.6 Å². The minimum Gasteiger partial charge on any atom is -0.354 e. The molecule has 0 unspecified atom stereocenters. The average Bonchev–Trinajstić information content (AvgIpc) is 2.89. The first kappa shape index (κ1) is 14.6. The number of anilines is 1. The first-order valence-electron chi connectivity index (χ1n) is 6.53. The highest BCUT2D eigenvalue weighted by Crippen LogP contribution is 2.42. The second-order valence-corrected chi connectivity index (χ2v) is 7.96. The van der Waals surface area contributed by atoms with Gasteiger partial charge in [-0.15, -0.1) is 0 Å². The lowest BCUT2D eigenvalue weighted by molar-refractivity contribution is 0.101. The number of ketones is 1. The third kappa shape index (κ3) is 2.62. The highest BCUT2D eigenvalue weighted by atomic mass is 35.5. The van der Waals surface area contributed by atoms with E-state index in [-0.39, 0.29) is 5.78 Å². The molecule has 0 bridgehead atoms. The molecule has 3 rings (SSSR count). The van der Waals surface area contributed by atoms with Crippen LogP contribution in [0.3, 0.4) is 0 Å². The van der Waals surface area contributed by atoms with Gasteiger partial charge in [-0.25, -0.2) is 4.98 Å². The molecule has 2 aromatic rings. The summed E-state index contributed by atoms with van der Waals surface area (Å²) in [6.07, 6.45) is 3.27. The molecule has 0 spiro atoms. The van der Waals surface area contributed by atoms with E-state index < -0.39 is 10.6 Å². The van der Waals surface area contributed by atoms with E-state index in [1.807, 2.05) is 4.90 Å². The molecule has 0 radical (unpaired) electrons. The van der Waals surface area contributed by atoms with Crippen LogP contribution in [0.25, 0.3) is 5.52 Å². The molecule has 0 saturated carbocycles. The minimum atomic E-state index is -2.48. The molecule has 3 heterocycles. The summed E-state index contributed by atoms with van der Waals surface area (Å²) in [6.45, 7) is 2.46. The third-order valence-electron chi connectivity index (χ3n) is 3.68. The lowest BCUT2D eigenvalue weighted by atomic mass is 10.1. The summed E-state index contributed by atoms with van der Waals surface area (Å²) in [5, 5.41) is 0.475. The quantitative estimate of drug-likeness (QED) is 0.828. The number of fused-ring (bicyclic) bond motifs is 1. The first-order valence-corrected chi connectivity index (χ1v) is 8.79. The van der Waals surface area contributed by atoms with Crippen molar-refractivity contribution >= 4 is 39.3 Å². The number of carbonyl (C=O) groups is 1. The van der Waals surface area contributed by atoms with Gasteiger partial charge in [-0.05, 0) is 13.0 Å². The van der Waals surface area contributed by atoms with Crippen molar-refractivity contribution in [1.82, 2.24) is 9.38 Å². The SMILES string of the molecule is CC(=O)c1cc(Cl)c2cncn2c1N1CCS(O)(O)CC1. The number of hydrogen-bond acceptors (Lipinski definition) is 5. The molecule has 0 atom stereocenters. The third-order valence-corrected chi connectivity index (χ3v) is 5.65. The van der Waals surface area contributed by atoms with Gasteiger partial charge >= 0.3 is 0 Å². The summed E-state index contributed by atoms with van der Waals surface area (Å²) in [5.41, 5.74) is 1.25. The van der Waals surface area contributed by atoms with Gasteiger partial charge in [0.1, 0.15) is 12.1 Å². The Morgan fingerprint density at radius 3 is 2.67 bits per heavy atom. The van der Waals surface area contributed by atoms with Crippen LogP contribution in [0.1, 0.15) is 17.3 Å². The average molecular weight is 330 g/mol. The molecule has 8 heteroatoms. The Hall–Kier alpha value is -1.28. The Balaban J connectivity index is 2.12. The van der Waals surface area contributed by atoms with Crippen LogP contribution in [0, 0.1) is 0 Å². The summed E-state index contributed by atoms with van der Waals surface area (Å²) in [6, 6.07) is 1.66. The summed E-state index contributed by atoms with van der Waals surface area (Å²) in [5.74, 6) is 1.25. The zero-order chi connectivity index (χ0) is 15.2. The predicted octanol–water partition coefficient (Wildman–Crippen LogP) is 2.76. The van der Waals surface area contributed by atoms with Gasteiger partial charge in [-0.2, -0.15) is 10.6 Å². The number of pyridine rings is 1. The van der Waals surface area contributed by atoms with Gasteiger partial charge in [0.05, 0.1) is 33.8 Å². The Bertz CT molecular complexity index is 706. The van der Waals surface area contributed by atoms with Crippen LogP contribution in [0.4, 0.5) is 5.82 Å². The molecule has 1 saturated heterocycles. The zero-order valence-corrected chi connectivity index (χ0v) is 13.1. The molecule has 21 heavy (non-hydrogen) atoms. The van der Waals surface area contributed by atoms with Crippen molar-refractivity contribution in [3.63, 3.8) is 0 Å². The van der Waals surface area contributed by atoms with Gasteiger partial charge in [-0.3, -0.25) is 18.3 Å². The fraction of sp³-hybridized carbons (Fsp3) is 0.385. The van der Waals surface area contributed by atoms with Gasteiger partial charge in [0.2, 0.25) is 0 Å². The van der Waals surface area contributed by atoms with Crippen molar-refractivity contribution in [3.8, 4) is 0 Å². The number of nitrogens with zero attached hydrogens (tertiary/aromatic N) is 3. The molecule has 2 aromatic heterocycles. The molecule has 6 nitrogen and oxygen atoms in total. The largest absolute Gasteiger partial charge is 0.354 e. The normalized spacial score (nSPS) is 19.7. The first-order chi connectivity index (χ1) is 9.89. The number of aromatic nitrogens is 2. The van der Waals surface area contributed by atoms with E-state index in [4.69, 9.17) is 11.6 Å². The maximum Gasteiger partial charge on any atom is 0.163 e. The van der Waals surface area contributed by atoms with Crippen molar-refractivity contribution in [2.24, 2.45) is 0 Å². The Kier molecular flexibility index (Phi) is 3.61. The molecule has 0 aliphatic carbocycles. The summed E-state index contributed by atoms with van der Waals surface area (Å²) in [7, 11) is -2.48. The Labute approximate surface area is 128 Å². The Morgan fingerprint density at radius 1 is 1.38 bits per heavy atom. The monoisotopic (exact) mass is 329 g/mol. The highest BCUT2D eigenvalue weighted by Gasteiger charge is 2.27. The maximum atomic E-state index is 11.9. The topological polar surface area (TPSA) is 78.1 Å². The van der Waals surface area contributed by atoms with Crippen molar-refractivity contribution in [3.05, 3.63) is 29.2 Å². The number of hydrogen-bond donors (Lipinski definition) is 2. The molecular weight excluding hydrogens is 314 g/mol. The van der Waals surface area contributed by atoms with Gasteiger partial charge in [0.15, 0.2) is 5.78 Å². The van der Waals surface area contributed by atoms with Crippen LogP contribution < -0.4 is 4.90 Å². The second kappa shape index (κ2) is 5.17. The van der Waals surface area contributed by atoms with E-state index in [2.05, 4.69) is 4.98 Å². The van der Waals surface area contributed by atoms with Gasteiger partial charge in [-0.1, -0.05) is 11.6 Å². The standard InChI is InChI=1S/C13H16ClN3O3S/c1-9(18)10-6-11(14)12-7-15-8-17(12)13(10)16-2-4-21(19,20)5-3-16/h6-8,19-20H,2-5H2,1H3. The van der Waals surface area contributed by atoms with Crippen LogP contribution in [-0.2, 0) is 0 Å². The van der Waals surface area contributed by atoms with Gasteiger partial charge < -0.3 is 4.90 Å². The zero-order valence-electron chi connectivity index (χ0n) is 11.5. The van der Waals surface area contributed by atoms with Crippen molar-refractivity contribution in [2.75, 3.05) is 29.5 Å². The molecule has 0 amide bonds. The Morgan fingerprint density at radius 2 is 2.05 bits per heavy atom. The summed E-state index contributed by atoms with van der Waals surface area (Å²) < 4.78 is 21.3. The second-order valence-electron chi connectivity index (χ2n) is 5.13. The molecular formula is C13H16ClN3O3S. The van der Waals surface area contributed by atoms with Crippen molar-refractivity contribution < 1.29 is 13.9 Å². The van der Waals surface area contributed by atoms with Crippen LogP contribution in [-0.4, -0.2) is 48.9 Å². The number of halogens is 1. The van der Waals surface area contributed by atoms with Crippen molar-refractivity contribution in [2.45, 2.75) is 6.92 Å². The molecule has 1 fully saturated rings. The summed E-state index contributed by atoms with van der Waals surface area (Å²) in [4.78, 5) is 18.0. The lowest BCUT2D eigenvalue weighted by Gasteiger charge is -2.42. The van der Waals surface area contributed by atoms with E-state index in [0.29, 0.717) is 41.0 Å². The predicted molar refractivity (Wildman–Crippen MR) is 85.0 cm³/mol. The number of Topliss-reactive ketones (excluding diaryl/α,β-unsaturated/α-hetero) is 1. The molecule has 1 aliphatic rings. The molecule has 2 N–H and O–H groups in total. The van der Waals surface area contributed by atoms with E-state index in [0.717, 1.165) is 5.52 Å². The highest BCUT2D eigenvalue weighted by molar-refractivity contribution is 8.24. The minimum absolute atomic E-state index is 0.0836. The molecule has 1 aliphatic heterocycles. The fourth-order valence-electron chi connectivity index (χ4n) is 2.56. The van der Waals surface area contributed by atoms with E-state index in [1.165, 1.54) is 6.92 Å². The van der Waals surface area contributed by atoms with Gasteiger partial charge in [0, 0.05) is 13.1 Å². The van der Waals surface area contributed by atoms with E-state index in [1.54, 1.807) is 23.0 Å². The number of rotatable bonds is 2. The fourth-order valence-corrected chi connectivity index (χ4v) is 4.03. The number of imidazole rings is 1. The lowest BCUT2D eigenvalue weighted by Crippen LogP contribution is -2.40. The number of carbonyl (C=O) groups excluding carboxylic acids is 1. The van der Waals surface area contributed by atoms with Crippen LogP contribution in [0.2, 0.25) is 5.02 Å². The van der Waals surface area contributed by atoms with E-state index >= 15 is 0 Å². The van der Waals surface area contributed by atoms with Gasteiger partial charge in [0.25, 0.3) is 0 Å².